The van der Waals surface area contributed by atoms with Gasteiger partial charge in [-0.25, -0.2) is 4.79 Å². The van der Waals surface area contributed by atoms with Gasteiger partial charge in [-0.05, 0) is 43.4 Å². The summed E-state index contributed by atoms with van der Waals surface area (Å²) in [6.45, 7) is 1.58. The largest absolute Gasteiger partial charge is 0.497 e. The molecular weight excluding hydrogens is 322 g/mol. The predicted octanol–water partition coefficient (Wildman–Crippen LogP) is 2.31. The van der Waals surface area contributed by atoms with Crippen LogP contribution in [-0.2, 0) is 20.8 Å². The van der Waals surface area contributed by atoms with Gasteiger partial charge >= 0.3 is 5.97 Å². The van der Waals surface area contributed by atoms with Crippen LogP contribution in [0.25, 0.3) is 0 Å². The Morgan fingerprint density at radius 1 is 1.36 bits per heavy atom. The molecule has 0 amide bonds. The van der Waals surface area contributed by atoms with Crippen LogP contribution < -0.4 is 4.74 Å². The Morgan fingerprint density at radius 3 is 2.92 bits per heavy atom. The number of hydrogen-bond donors (Lipinski definition) is 1. The second kappa shape index (κ2) is 7.72. The van der Waals surface area contributed by atoms with Crippen molar-refractivity contribution in [2.75, 3.05) is 27.4 Å². The number of carboxylic acid groups (broad SMARTS) is 1. The van der Waals surface area contributed by atoms with Crippen molar-refractivity contribution in [1.29, 1.82) is 0 Å². The molecule has 1 N–H and O–H groups in total. The van der Waals surface area contributed by atoms with Crippen LogP contribution in [0.5, 0.6) is 5.75 Å². The van der Waals surface area contributed by atoms with Crippen LogP contribution in [0, 0.1) is 0 Å². The van der Waals surface area contributed by atoms with Gasteiger partial charge < -0.3 is 19.3 Å². The molecule has 3 atom stereocenters. The molecule has 2 fully saturated rings. The number of carboxylic acids is 1. The smallest absolute Gasteiger partial charge is 0.329 e. The lowest BCUT2D eigenvalue weighted by Crippen LogP contribution is -2.51. The molecule has 0 aromatic heterocycles. The van der Waals surface area contributed by atoms with Gasteiger partial charge in [-0.2, -0.15) is 0 Å². The molecular formula is C19H27NO5. The summed E-state index contributed by atoms with van der Waals surface area (Å²) in [5.41, 5.74) is 1.07. The van der Waals surface area contributed by atoms with Crippen LogP contribution in [0.4, 0.5) is 0 Å². The summed E-state index contributed by atoms with van der Waals surface area (Å²) in [4.78, 5) is 13.2. The average Bonchev–Trinajstić information content (AvgIpc) is 2.98. The van der Waals surface area contributed by atoms with E-state index in [1.54, 1.807) is 14.2 Å². The van der Waals surface area contributed by atoms with Crippen molar-refractivity contribution >= 4 is 5.97 Å². The van der Waals surface area contributed by atoms with Gasteiger partial charge in [0.25, 0.3) is 0 Å². The number of aliphatic carboxylic acids is 1. The molecule has 1 aliphatic carbocycles. The monoisotopic (exact) mass is 349 g/mol. The van der Waals surface area contributed by atoms with Crippen molar-refractivity contribution < 1.29 is 24.1 Å². The number of nitrogens with zero attached hydrogens (tertiary/aromatic N) is 1. The van der Waals surface area contributed by atoms with Gasteiger partial charge in [0.1, 0.15) is 12.4 Å². The highest BCUT2D eigenvalue weighted by Gasteiger charge is 2.51. The Bertz CT molecular complexity index is 607. The second-order valence-electron chi connectivity index (χ2n) is 6.96. The van der Waals surface area contributed by atoms with Gasteiger partial charge in [0.15, 0.2) is 0 Å². The topological polar surface area (TPSA) is 68.2 Å². The highest BCUT2D eigenvalue weighted by Crippen LogP contribution is 2.43. The van der Waals surface area contributed by atoms with E-state index in [2.05, 4.69) is 17.0 Å². The zero-order chi connectivity index (χ0) is 17.9. The first kappa shape index (κ1) is 18.2. The zero-order valence-electron chi connectivity index (χ0n) is 14.9. The van der Waals surface area contributed by atoms with Gasteiger partial charge in [0.2, 0.25) is 0 Å². The Kier molecular flexibility index (Phi) is 5.61. The molecule has 6 heteroatoms. The second-order valence-corrected chi connectivity index (χ2v) is 6.96. The minimum absolute atomic E-state index is 0.0183. The minimum Gasteiger partial charge on any atom is -0.497 e. The van der Waals surface area contributed by atoms with Crippen LogP contribution in [0.1, 0.15) is 31.2 Å². The first-order chi connectivity index (χ1) is 12.1. The van der Waals surface area contributed by atoms with Gasteiger partial charge in [0.05, 0.1) is 18.8 Å². The summed E-state index contributed by atoms with van der Waals surface area (Å²) in [5.74, 6) is -0.0516. The molecule has 1 aromatic carbocycles. The summed E-state index contributed by atoms with van der Waals surface area (Å²) in [6, 6.07) is 8.37. The van der Waals surface area contributed by atoms with Crippen molar-refractivity contribution in [2.24, 2.45) is 0 Å². The SMILES string of the molecule is COc1cccc(CN2CC[C@]3(OC)CC[C@H](OCC(=O)O)C[C@H]23)c1. The fourth-order valence-corrected chi connectivity index (χ4v) is 4.29. The summed E-state index contributed by atoms with van der Waals surface area (Å²) >= 11 is 0. The van der Waals surface area contributed by atoms with Gasteiger partial charge in [-0.15, -0.1) is 0 Å². The molecule has 1 heterocycles. The standard InChI is InChI=1S/C19H27NO5/c1-23-15-5-3-4-14(10-15)12-20-9-8-19(24-2)7-6-16(11-17(19)20)25-13-18(21)22/h3-5,10,16-17H,6-9,11-13H2,1-2H3,(H,21,22)/t16-,17-,19+/m0/s1. The molecule has 1 saturated heterocycles. The van der Waals surface area contributed by atoms with Crippen molar-refractivity contribution in [1.82, 2.24) is 4.90 Å². The Labute approximate surface area is 148 Å². The molecule has 1 aliphatic heterocycles. The Hall–Kier alpha value is -1.63. The molecule has 1 aromatic rings. The highest BCUT2D eigenvalue weighted by molar-refractivity contribution is 5.68. The molecule has 138 valence electrons. The normalized spacial score (nSPS) is 29.4. The molecule has 0 radical (unpaired) electrons. The molecule has 3 rings (SSSR count). The number of ether oxygens (including phenoxy) is 3. The van der Waals surface area contributed by atoms with E-state index < -0.39 is 5.97 Å². The van der Waals surface area contributed by atoms with Gasteiger partial charge in [-0.1, -0.05) is 12.1 Å². The maximum Gasteiger partial charge on any atom is 0.329 e. The number of hydrogen-bond acceptors (Lipinski definition) is 5. The molecule has 6 nitrogen and oxygen atoms in total. The quantitative estimate of drug-likeness (QED) is 0.815. The lowest BCUT2D eigenvalue weighted by Gasteiger charge is -2.43. The number of rotatable bonds is 7. The van der Waals surface area contributed by atoms with E-state index in [0.29, 0.717) is 0 Å². The van der Waals surface area contributed by atoms with E-state index in [0.717, 1.165) is 44.5 Å². The molecule has 0 spiro atoms. The lowest BCUT2D eigenvalue weighted by atomic mass is 9.79. The Morgan fingerprint density at radius 2 is 2.20 bits per heavy atom. The van der Waals surface area contributed by atoms with Gasteiger partial charge in [0, 0.05) is 26.2 Å². The maximum atomic E-state index is 10.8. The molecule has 25 heavy (non-hydrogen) atoms. The van der Waals surface area contributed by atoms with Crippen LogP contribution in [0.2, 0.25) is 0 Å². The van der Waals surface area contributed by atoms with Crippen molar-refractivity contribution in [3.05, 3.63) is 29.8 Å². The van der Waals surface area contributed by atoms with Crippen LogP contribution in [0.15, 0.2) is 24.3 Å². The zero-order valence-corrected chi connectivity index (χ0v) is 14.9. The predicted molar refractivity (Wildman–Crippen MR) is 92.8 cm³/mol. The molecule has 0 unspecified atom stereocenters. The highest BCUT2D eigenvalue weighted by atomic mass is 16.5. The number of likely N-dealkylation sites (tertiary alicyclic amines) is 1. The molecule has 1 saturated carbocycles. The Balaban J connectivity index is 1.70. The minimum atomic E-state index is -0.914. The third-order valence-corrected chi connectivity index (χ3v) is 5.61. The average molecular weight is 349 g/mol. The van der Waals surface area contributed by atoms with E-state index in [1.807, 2.05) is 12.1 Å². The maximum absolute atomic E-state index is 10.8. The van der Waals surface area contributed by atoms with Crippen LogP contribution >= 0.6 is 0 Å². The van der Waals surface area contributed by atoms with E-state index in [1.165, 1.54) is 5.56 Å². The van der Waals surface area contributed by atoms with Crippen molar-refractivity contribution in [2.45, 2.75) is 50.0 Å². The number of fused-ring (bicyclic) bond motifs is 1. The lowest BCUT2D eigenvalue weighted by molar-refractivity contribution is -0.148. The summed E-state index contributed by atoms with van der Waals surface area (Å²) in [6.07, 6.45) is 3.56. The van der Waals surface area contributed by atoms with Crippen molar-refractivity contribution in [3.8, 4) is 5.75 Å². The summed E-state index contributed by atoms with van der Waals surface area (Å²) in [7, 11) is 3.47. The van der Waals surface area contributed by atoms with Crippen molar-refractivity contribution in [3.63, 3.8) is 0 Å². The number of methoxy groups -OCH3 is 2. The van der Waals surface area contributed by atoms with Crippen LogP contribution in [0.3, 0.4) is 0 Å². The third kappa shape index (κ3) is 3.97. The van der Waals surface area contributed by atoms with E-state index in [9.17, 15) is 4.79 Å². The first-order valence-electron chi connectivity index (χ1n) is 8.82. The number of benzene rings is 1. The summed E-state index contributed by atoms with van der Waals surface area (Å²) < 4.78 is 16.8. The third-order valence-electron chi connectivity index (χ3n) is 5.61. The molecule has 2 aliphatic rings. The van der Waals surface area contributed by atoms with E-state index >= 15 is 0 Å². The fourth-order valence-electron chi connectivity index (χ4n) is 4.29. The fraction of sp³-hybridized carbons (Fsp3) is 0.632. The summed E-state index contributed by atoms with van der Waals surface area (Å²) in [5, 5.41) is 8.85. The molecule has 0 bridgehead atoms. The first-order valence-corrected chi connectivity index (χ1v) is 8.82. The van der Waals surface area contributed by atoms with Crippen LogP contribution in [-0.4, -0.2) is 61.1 Å². The van der Waals surface area contributed by atoms with E-state index in [-0.39, 0.29) is 24.4 Å². The number of carbonyl (C=O) groups is 1. The van der Waals surface area contributed by atoms with E-state index in [4.69, 9.17) is 19.3 Å². The van der Waals surface area contributed by atoms with Gasteiger partial charge in [-0.3, -0.25) is 4.90 Å².